The van der Waals surface area contributed by atoms with E-state index in [4.69, 9.17) is 14.7 Å². The van der Waals surface area contributed by atoms with Crippen LogP contribution in [0.1, 0.15) is 41.6 Å². The number of esters is 1. The van der Waals surface area contributed by atoms with Crippen LogP contribution in [-0.2, 0) is 11.2 Å². The number of hydrogen-bond acceptors (Lipinski definition) is 6. The van der Waals surface area contributed by atoms with Gasteiger partial charge in [0, 0.05) is 29.5 Å². The van der Waals surface area contributed by atoms with E-state index < -0.39 is 16.9 Å². The third-order valence-electron chi connectivity index (χ3n) is 3.91. The van der Waals surface area contributed by atoms with Gasteiger partial charge < -0.3 is 9.15 Å². The molecule has 0 saturated heterocycles. The van der Waals surface area contributed by atoms with Crippen LogP contribution in [-0.4, -0.2) is 23.5 Å². The topological polar surface area (TPSA) is 131 Å². The number of carbonyl (C=O) groups is 1. The first kappa shape index (κ1) is 19.0. The van der Waals surface area contributed by atoms with E-state index in [9.17, 15) is 14.9 Å². The van der Waals surface area contributed by atoms with E-state index in [1.54, 1.807) is 32.0 Å². The molecule has 0 amide bonds. The summed E-state index contributed by atoms with van der Waals surface area (Å²) in [6.07, 6.45) is 0.359. The summed E-state index contributed by atoms with van der Waals surface area (Å²) in [6.45, 7) is 3.70. The van der Waals surface area contributed by atoms with Gasteiger partial charge in [0.2, 0.25) is 5.76 Å². The molecule has 0 spiro atoms. The zero-order chi connectivity index (χ0) is 19.1. The smallest absolute Gasteiger partial charge is 0.374 e. The fraction of sp³-hybridized carbons (Fsp3) is 0.353. The minimum Gasteiger partial charge on any atom is -0.460 e. The maximum atomic E-state index is 11.7. The summed E-state index contributed by atoms with van der Waals surface area (Å²) in [7, 11) is 0. The van der Waals surface area contributed by atoms with Crippen LogP contribution in [0.2, 0.25) is 0 Å². The molecule has 2 aromatic rings. The molecular weight excluding hydrogens is 340 g/mol. The average Bonchev–Trinajstić information content (AvgIpc) is 3.09. The van der Waals surface area contributed by atoms with E-state index in [1.807, 2.05) is 0 Å². The van der Waals surface area contributed by atoms with Crippen molar-refractivity contribution >= 4 is 11.7 Å². The van der Waals surface area contributed by atoms with Gasteiger partial charge in [-0.1, -0.05) is 24.2 Å². The summed E-state index contributed by atoms with van der Waals surface area (Å²) in [5, 5.41) is 14.5. The van der Waals surface area contributed by atoms with E-state index >= 15 is 0 Å². The lowest BCUT2D eigenvalue weighted by atomic mass is 9.89. The number of nitro groups is 1. The number of azide groups is 1. The van der Waals surface area contributed by atoms with Crippen molar-refractivity contribution in [2.75, 3.05) is 6.61 Å². The summed E-state index contributed by atoms with van der Waals surface area (Å²) in [5.74, 6) is -0.196. The number of carbonyl (C=O) groups excluding carboxylic acids is 1. The Morgan fingerprint density at radius 1 is 1.35 bits per heavy atom. The Morgan fingerprint density at radius 3 is 2.62 bits per heavy atom. The van der Waals surface area contributed by atoms with E-state index in [2.05, 4.69) is 10.0 Å². The third-order valence-corrected chi connectivity index (χ3v) is 3.91. The van der Waals surface area contributed by atoms with Crippen molar-refractivity contribution in [1.29, 1.82) is 0 Å². The molecule has 0 aliphatic heterocycles. The lowest BCUT2D eigenvalue weighted by Crippen LogP contribution is -2.15. The van der Waals surface area contributed by atoms with Gasteiger partial charge in [0.1, 0.15) is 5.76 Å². The molecule has 0 saturated carbocycles. The molecule has 0 bridgehead atoms. The molecule has 26 heavy (non-hydrogen) atoms. The lowest BCUT2D eigenvalue weighted by molar-refractivity contribution is -0.384. The fourth-order valence-corrected chi connectivity index (χ4v) is 2.59. The second-order valence-electron chi connectivity index (χ2n) is 5.59. The number of non-ortho nitro benzene ring substituents is 1. The van der Waals surface area contributed by atoms with Gasteiger partial charge in [-0.2, -0.15) is 0 Å². The van der Waals surface area contributed by atoms with Gasteiger partial charge in [0.25, 0.3) is 5.69 Å². The maximum Gasteiger partial charge on any atom is 0.374 e. The molecular formula is C17H18N4O5. The highest BCUT2D eigenvalue weighted by Crippen LogP contribution is 2.29. The molecule has 1 aromatic heterocycles. The molecule has 2 rings (SSSR count). The standard InChI is InChI=1S/C17H18N4O5/c1-3-25-17(22)16-9-8-14(26-16)10-15(11(2)19-20-18)12-4-6-13(7-5-12)21(23)24/h4-9,11,15H,3,10H2,1-2H3. The van der Waals surface area contributed by atoms with Crippen molar-refractivity contribution < 1.29 is 18.9 Å². The summed E-state index contributed by atoms with van der Waals surface area (Å²) in [5.41, 5.74) is 9.48. The van der Waals surface area contributed by atoms with Crippen LogP contribution in [0.25, 0.3) is 10.4 Å². The van der Waals surface area contributed by atoms with Crippen molar-refractivity contribution in [1.82, 2.24) is 0 Å². The normalized spacial score (nSPS) is 12.7. The predicted octanol–water partition coefficient (Wildman–Crippen LogP) is 4.39. The van der Waals surface area contributed by atoms with Gasteiger partial charge >= 0.3 is 5.97 Å². The van der Waals surface area contributed by atoms with E-state index in [1.165, 1.54) is 18.2 Å². The minimum absolute atomic E-state index is 0.0217. The summed E-state index contributed by atoms with van der Waals surface area (Å²) in [6, 6.07) is 8.82. The summed E-state index contributed by atoms with van der Waals surface area (Å²) >= 11 is 0. The SMILES string of the molecule is CCOC(=O)c1ccc(CC(c2ccc([N+](=O)[O-])cc2)C(C)N=[N+]=[N-])o1. The Bertz CT molecular complexity index is 824. The van der Waals surface area contributed by atoms with Gasteiger partial charge in [-0.05, 0) is 36.1 Å². The quantitative estimate of drug-likeness (QED) is 0.172. The number of rotatable bonds is 8. The molecule has 0 fully saturated rings. The second kappa shape index (κ2) is 8.68. The molecule has 0 aliphatic carbocycles. The highest BCUT2D eigenvalue weighted by atomic mass is 16.6. The zero-order valence-corrected chi connectivity index (χ0v) is 14.4. The van der Waals surface area contributed by atoms with Gasteiger partial charge in [-0.3, -0.25) is 10.1 Å². The minimum atomic E-state index is -0.547. The summed E-state index contributed by atoms with van der Waals surface area (Å²) in [4.78, 5) is 24.9. The van der Waals surface area contributed by atoms with Crippen LogP contribution in [0.4, 0.5) is 5.69 Å². The van der Waals surface area contributed by atoms with Crippen molar-refractivity contribution in [3.8, 4) is 0 Å². The predicted molar refractivity (Wildman–Crippen MR) is 92.8 cm³/mol. The molecule has 2 unspecified atom stereocenters. The molecule has 0 radical (unpaired) electrons. The van der Waals surface area contributed by atoms with Gasteiger partial charge in [-0.25, -0.2) is 4.79 Å². The molecule has 1 heterocycles. The average molecular weight is 358 g/mol. The number of nitrogens with zero attached hydrogens (tertiary/aromatic N) is 4. The van der Waals surface area contributed by atoms with Crippen LogP contribution < -0.4 is 0 Å². The molecule has 1 aromatic carbocycles. The molecule has 0 N–H and O–H groups in total. The van der Waals surface area contributed by atoms with Crippen LogP contribution in [0.5, 0.6) is 0 Å². The first-order valence-corrected chi connectivity index (χ1v) is 8.00. The Labute approximate surface area is 149 Å². The first-order chi connectivity index (χ1) is 12.5. The highest BCUT2D eigenvalue weighted by Gasteiger charge is 2.22. The fourth-order valence-electron chi connectivity index (χ4n) is 2.59. The van der Waals surface area contributed by atoms with E-state index in [0.29, 0.717) is 12.2 Å². The molecule has 9 nitrogen and oxygen atoms in total. The number of benzene rings is 1. The zero-order valence-electron chi connectivity index (χ0n) is 14.4. The van der Waals surface area contributed by atoms with Crippen molar-refractivity contribution in [2.45, 2.75) is 32.2 Å². The van der Waals surface area contributed by atoms with Gasteiger partial charge in [0.05, 0.1) is 11.5 Å². The number of nitro benzene ring substituents is 1. The molecule has 2 atom stereocenters. The largest absolute Gasteiger partial charge is 0.460 e. The second-order valence-corrected chi connectivity index (χ2v) is 5.59. The van der Waals surface area contributed by atoms with Crippen molar-refractivity contribution in [3.63, 3.8) is 0 Å². The first-order valence-electron chi connectivity index (χ1n) is 8.00. The van der Waals surface area contributed by atoms with E-state index in [0.717, 1.165) is 5.56 Å². The van der Waals surface area contributed by atoms with Gasteiger partial charge in [0.15, 0.2) is 0 Å². The van der Waals surface area contributed by atoms with E-state index in [-0.39, 0.29) is 24.0 Å². The molecule has 136 valence electrons. The third kappa shape index (κ3) is 4.61. The Kier molecular flexibility index (Phi) is 6.35. The van der Waals surface area contributed by atoms with Crippen molar-refractivity contribution in [2.24, 2.45) is 5.11 Å². The van der Waals surface area contributed by atoms with Crippen LogP contribution in [0.3, 0.4) is 0 Å². The monoisotopic (exact) mass is 358 g/mol. The molecule has 0 aliphatic rings. The summed E-state index contributed by atoms with van der Waals surface area (Å²) < 4.78 is 10.4. The Balaban J connectivity index is 2.26. The van der Waals surface area contributed by atoms with Crippen LogP contribution >= 0.6 is 0 Å². The number of hydrogen-bond donors (Lipinski definition) is 0. The Morgan fingerprint density at radius 2 is 2.04 bits per heavy atom. The Hall–Kier alpha value is -3.32. The molecule has 9 heteroatoms. The van der Waals surface area contributed by atoms with Gasteiger partial charge in [-0.15, -0.1) is 0 Å². The van der Waals surface area contributed by atoms with Crippen LogP contribution in [0, 0.1) is 10.1 Å². The van der Waals surface area contributed by atoms with Crippen molar-refractivity contribution in [3.05, 3.63) is 74.0 Å². The maximum absolute atomic E-state index is 11.7. The number of ether oxygens (including phenoxy) is 1. The number of furan rings is 1. The highest BCUT2D eigenvalue weighted by molar-refractivity contribution is 5.86. The van der Waals surface area contributed by atoms with Crippen LogP contribution in [0.15, 0.2) is 45.9 Å². The lowest BCUT2D eigenvalue weighted by Gasteiger charge is -2.19.